The lowest BCUT2D eigenvalue weighted by Crippen LogP contribution is -2.20. The highest BCUT2D eigenvalue weighted by Gasteiger charge is 2.26. The van der Waals surface area contributed by atoms with Crippen LogP contribution < -0.4 is 0 Å². The smallest absolute Gasteiger partial charge is 0.121 e. The summed E-state index contributed by atoms with van der Waals surface area (Å²) in [6.45, 7) is 2.19. The predicted molar refractivity (Wildman–Crippen MR) is 91.8 cm³/mol. The van der Waals surface area contributed by atoms with Gasteiger partial charge < -0.3 is 5.11 Å². The van der Waals surface area contributed by atoms with E-state index in [1.54, 1.807) is 0 Å². The molecule has 1 atom stereocenters. The summed E-state index contributed by atoms with van der Waals surface area (Å²) < 4.78 is -0.892. The number of unbranched alkanes of at least 4 members (excludes halogenated alkanes) is 4. The zero-order chi connectivity index (χ0) is 15.6. The molecule has 0 amide bonds. The third-order valence-corrected chi connectivity index (χ3v) is 3.98. The largest absolute Gasteiger partial charge is 0.380 e. The first kappa shape index (κ1) is 18.4. The first-order valence-corrected chi connectivity index (χ1v) is 8.41. The van der Waals surface area contributed by atoms with E-state index in [0.29, 0.717) is 6.42 Å². The van der Waals surface area contributed by atoms with E-state index in [1.807, 2.05) is 30.3 Å². The van der Waals surface area contributed by atoms with E-state index < -0.39 is 10.4 Å². The van der Waals surface area contributed by atoms with Crippen molar-refractivity contribution in [2.24, 2.45) is 0 Å². The Kier molecular flexibility index (Phi) is 8.85. The molecule has 0 radical (unpaired) electrons. The van der Waals surface area contributed by atoms with Crippen LogP contribution >= 0.6 is 23.2 Å². The maximum absolute atomic E-state index is 9.94. The van der Waals surface area contributed by atoms with Crippen LogP contribution in [0, 0.1) is 11.8 Å². The van der Waals surface area contributed by atoms with Gasteiger partial charge in [-0.15, -0.1) is 23.2 Å². The Morgan fingerprint density at radius 2 is 1.76 bits per heavy atom. The second kappa shape index (κ2) is 10.1. The number of halogens is 2. The first-order valence-electron chi connectivity index (χ1n) is 7.66. The van der Waals surface area contributed by atoms with Crippen molar-refractivity contribution in [3.8, 4) is 11.8 Å². The summed E-state index contributed by atoms with van der Waals surface area (Å²) in [6, 6.07) is 9.58. The molecule has 1 rings (SSSR count). The van der Waals surface area contributed by atoms with Crippen LogP contribution in [0.5, 0.6) is 0 Å². The minimum Gasteiger partial charge on any atom is -0.380 e. The normalized spacial score (nSPS) is 12.6. The maximum atomic E-state index is 9.94. The van der Waals surface area contributed by atoms with E-state index in [1.165, 1.54) is 19.3 Å². The van der Waals surface area contributed by atoms with Crippen molar-refractivity contribution in [1.82, 2.24) is 0 Å². The quantitative estimate of drug-likeness (QED) is 0.389. The van der Waals surface area contributed by atoms with Gasteiger partial charge in [0, 0.05) is 12.0 Å². The van der Waals surface area contributed by atoms with Gasteiger partial charge >= 0.3 is 0 Å². The molecule has 1 nitrogen and oxygen atoms in total. The SMILES string of the molecule is CCCCCCCC(Cl)(Cl)CC(O)C#Cc1ccccc1. The molecule has 0 bridgehead atoms. The van der Waals surface area contributed by atoms with Crippen LogP contribution in [0.2, 0.25) is 0 Å². The number of rotatable bonds is 8. The average molecular weight is 327 g/mol. The van der Waals surface area contributed by atoms with Gasteiger partial charge in [-0.05, 0) is 18.6 Å². The van der Waals surface area contributed by atoms with Crippen LogP contribution in [-0.2, 0) is 0 Å². The number of aliphatic hydroxyl groups excluding tert-OH is 1. The Bertz CT molecular complexity index is 445. The van der Waals surface area contributed by atoms with Crippen molar-refractivity contribution >= 4 is 23.2 Å². The summed E-state index contributed by atoms with van der Waals surface area (Å²) in [5.41, 5.74) is 0.880. The number of hydrogen-bond acceptors (Lipinski definition) is 1. The van der Waals surface area contributed by atoms with Crippen molar-refractivity contribution in [2.75, 3.05) is 0 Å². The molecule has 0 saturated heterocycles. The third-order valence-electron chi connectivity index (χ3n) is 3.29. The predicted octanol–water partition coefficient (Wildman–Crippen LogP) is 5.32. The summed E-state index contributed by atoms with van der Waals surface area (Å²) in [5.74, 6) is 5.74. The summed E-state index contributed by atoms with van der Waals surface area (Å²) >= 11 is 12.5. The molecule has 0 aliphatic carbocycles. The minimum atomic E-state index is -0.892. The molecule has 0 spiro atoms. The highest BCUT2D eigenvalue weighted by atomic mass is 35.5. The van der Waals surface area contributed by atoms with Gasteiger partial charge in [-0.25, -0.2) is 0 Å². The molecule has 0 saturated carbocycles. The molecule has 116 valence electrons. The fraction of sp³-hybridized carbons (Fsp3) is 0.556. The van der Waals surface area contributed by atoms with Crippen LogP contribution in [0.25, 0.3) is 0 Å². The monoisotopic (exact) mass is 326 g/mol. The number of alkyl halides is 2. The van der Waals surface area contributed by atoms with Gasteiger partial charge in [-0.1, -0.05) is 69.1 Å². The number of hydrogen-bond donors (Lipinski definition) is 1. The van der Waals surface area contributed by atoms with Gasteiger partial charge in [0.15, 0.2) is 0 Å². The topological polar surface area (TPSA) is 20.2 Å². The maximum Gasteiger partial charge on any atom is 0.121 e. The molecule has 0 aliphatic rings. The van der Waals surface area contributed by atoms with Crippen molar-refractivity contribution in [2.45, 2.75) is 62.3 Å². The van der Waals surface area contributed by atoms with Gasteiger partial charge in [0.25, 0.3) is 0 Å². The highest BCUT2D eigenvalue weighted by Crippen LogP contribution is 2.33. The molecule has 1 unspecified atom stereocenters. The average Bonchev–Trinajstić information content (AvgIpc) is 2.45. The summed E-state index contributed by atoms with van der Waals surface area (Å²) in [5, 5.41) is 9.94. The Balaban J connectivity index is 2.35. The molecule has 1 aromatic rings. The Hall–Kier alpha value is -0.680. The van der Waals surface area contributed by atoms with Crippen molar-refractivity contribution < 1.29 is 5.11 Å². The van der Waals surface area contributed by atoms with Crippen molar-refractivity contribution in [3.05, 3.63) is 35.9 Å². The second-order valence-electron chi connectivity index (χ2n) is 5.38. The van der Waals surface area contributed by atoms with Crippen LogP contribution in [0.1, 0.15) is 57.4 Å². The molecule has 0 aliphatic heterocycles. The zero-order valence-corrected chi connectivity index (χ0v) is 14.1. The molecule has 0 heterocycles. The molecule has 3 heteroatoms. The van der Waals surface area contributed by atoms with E-state index >= 15 is 0 Å². The Morgan fingerprint density at radius 3 is 2.43 bits per heavy atom. The zero-order valence-electron chi connectivity index (χ0n) is 12.6. The first-order chi connectivity index (χ1) is 10.0. The lowest BCUT2D eigenvalue weighted by molar-refractivity contribution is 0.213. The van der Waals surface area contributed by atoms with E-state index in [0.717, 1.165) is 18.4 Å². The van der Waals surface area contributed by atoms with Gasteiger partial charge in [0.05, 0.1) is 0 Å². The molecule has 0 fully saturated rings. The van der Waals surface area contributed by atoms with Crippen molar-refractivity contribution in [3.63, 3.8) is 0 Å². The fourth-order valence-corrected chi connectivity index (χ4v) is 2.67. The lowest BCUT2D eigenvalue weighted by Gasteiger charge is -2.20. The molecule has 0 aromatic heterocycles. The van der Waals surface area contributed by atoms with Gasteiger partial charge in [0.1, 0.15) is 10.4 Å². The van der Waals surface area contributed by atoms with E-state index in [9.17, 15) is 5.11 Å². The van der Waals surface area contributed by atoms with E-state index in [2.05, 4.69) is 18.8 Å². The highest BCUT2D eigenvalue weighted by molar-refractivity contribution is 6.48. The fourth-order valence-electron chi connectivity index (χ4n) is 2.11. The number of benzene rings is 1. The van der Waals surface area contributed by atoms with Crippen LogP contribution in [0.3, 0.4) is 0 Å². The van der Waals surface area contributed by atoms with Gasteiger partial charge in [-0.3, -0.25) is 0 Å². The second-order valence-corrected chi connectivity index (χ2v) is 7.02. The molecular formula is C18H24Cl2O. The van der Waals surface area contributed by atoms with Crippen LogP contribution in [0.15, 0.2) is 30.3 Å². The molecule has 1 N–H and O–H groups in total. The molecule has 21 heavy (non-hydrogen) atoms. The van der Waals surface area contributed by atoms with Crippen molar-refractivity contribution in [1.29, 1.82) is 0 Å². The van der Waals surface area contributed by atoms with E-state index in [-0.39, 0.29) is 6.42 Å². The summed E-state index contributed by atoms with van der Waals surface area (Å²) in [4.78, 5) is 0. The standard InChI is InChI=1S/C18H24Cl2O/c1-2-3-4-5-9-14-18(19,20)15-17(21)13-12-16-10-7-6-8-11-16/h6-8,10-11,17,21H,2-5,9,14-15H2,1H3. The summed E-state index contributed by atoms with van der Waals surface area (Å²) in [7, 11) is 0. The van der Waals surface area contributed by atoms with Crippen LogP contribution in [0.4, 0.5) is 0 Å². The summed E-state index contributed by atoms with van der Waals surface area (Å²) in [6.07, 6.45) is 6.01. The van der Waals surface area contributed by atoms with E-state index in [4.69, 9.17) is 23.2 Å². The lowest BCUT2D eigenvalue weighted by atomic mass is 10.1. The Morgan fingerprint density at radius 1 is 1.10 bits per heavy atom. The minimum absolute atomic E-state index is 0.281. The Labute approximate surface area is 138 Å². The van der Waals surface area contributed by atoms with Gasteiger partial charge in [0.2, 0.25) is 0 Å². The number of aliphatic hydroxyl groups is 1. The van der Waals surface area contributed by atoms with Gasteiger partial charge in [-0.2, -0.15) is 0 Å². The molecule has 1 aromatic carbocycles. The van der Waals surface area contributed by atoms with Crippen LogP contribution in [-0.4, -0.2) is 15.5 Å². The molecular weight excluding hydrogens is 303 g/mol. The third kappa shape index (κ3) is 9.04.